The summed E-state index contributed by atoms with van der Waals surface area (Å²) in [7, 11) is 0. The molecule has 7 heteroatoms. The predicted octanol–water partition coefficient (Wildman–Crippen LogP) is 0.448. The van der Waals surface area contributed by atoms with Crippen LogP contribution < -0.4 is 10.2 Å². The first-order valence-corrected chi connectivity index (χ1v) is 6.43. The molecule has 2 unspecified atom stereocenters. The van der Waals surface area contributed by atoms with Crippen molar-refractivity contribution in [1.82, 2.24) is 30.7 Å². The summed E-state index contributed by atoms with van der Waals surface area (Å²) in [5, 5.41) is 18.4. The van der Waals surface area contributed by atoms with Crippen LogP contribution in [0.2, 0.25) is 0 Å². The Kier molecular flexibility index (Phi) is 3.12. The second-order valence-electron chi connectivity index (χ2n) is 4.99. The van der Waals surface area contributed by atoms with Gasteiger partial charge in [-0.05, 0) is 19.9 Å². The summed E-state index contributed by atoms with van der Waals surface area (Å²) in [6, 6.07) is 2.74. The Hall–Kier alpha value is -2.02. The maximum atomic E-state index is 4.54. The molecule has 3 heterocycles. The molecule has 0 spiro atoms. The molecule has 0 aliphatic carbocycles. The van der Waals surface area contributed by atoms with Crippen LogP contribution in [0.3, 0.4) is 0 Å². The summed E-state index contributed by atoms with van der Waals surface area (Å²) in [4.78, 5) is 6.73. The Morgan fingerprint density at radius 2 is 2.00 bits per heavy atom. The quantitative estimate of drug-likeness (QED) is 0.814. The molecule has 1 saturated heterocycles. The molecule has 2 atom stereocenters. The third-order valence-electron chi connectivity index (χ3n) is 3.17. The van der Waals surface area contributed by atoms with E-state index in [0.717, 1.165) is 30.4 Å². The zero-order valence-electron chi connectivity index (χ0n) is 11.0. The molecule has 0 bridgehead atoms. The molecule has 3 rings (SSSR count). The second kappa shape index (κ2) is 4.93. The first-order valence-electron chi connectivity index (χ1n) is 6.43. The van der Waals surface area contributed by atoms with Crippen molar-refractivity contribution in [3.63, 3.8) is 0 Å². The van der Waals surface area contributed by atoms with Crippen molar-refractivity contribution in [2.24, 2.45) is 0 Å². The number of nitrogens with zero attached hydrogens (tertiary/aromatic N) is 5. The molecule has 2 aromatic heterocycles. The molecule has 0 aromatic carbocycles. The lowest BCUT2D eigenvalue weighted by atomic mass is 10.1. The molecule has 100 valence electrons. The number of piperazine rings is 1. The van der Waals surface area contributed by atoms with Crippen LogP contribution in [0.5, 0.6) is 0 Å². The number of aromatic nitrogens is 5. The Morgan fingerprint density at radius 3 is 2.68 bits per heavy atom. The van der Waals surface area contributed by atoms with Gasteiger partial charge < -0.3 is 10.2 Å². The summed E-state index contributed by atoms with van der Waals surface area (Å²) < 4.78 is 0. The standard InChI is InChI=1S/C12H17N7/c1-8-6-19(7-9(2)15-8)12-16-11(17-18-12)10-3-4-13-14-5-10/h3-5,8-9,15H,6-7H2,1-2H3,(H,16,17,18). The van der Waals surface area contributed by atoms with E-state index in [1.54, 1.807) is 12.4 Å². The number of hydrogen-bond acceptors (Lipinski definition) is 6. The van der Waals surface area contributed by atoms with E-state index in [1.165, 1.54) is 0 Å². The van der Waals surface area contributed by atoms with E-state index in [-0.39, 0.29) is 0 Å². The molecule has 2 aromatic rings. The molecular formula is C12H17N7. The summed E-state index contributed by atoms with van der Waals surface area (Å²) in [6.07, 6.45) is 3.32. The Balaban J connectivity index is 1.81. The van der Waals surface area contributed by atoms with Gasteiger partial charge in [-0.3, -0.25) is 5.10 Å². The first-order chi connectivity index (χ1) is 9.22. The summed E-state index contributed by atoms with van der Waals surface area (Å²) in [6.45, 7) is 6.17. The molecule has 0 saturated carbocycles. The van der Waals surface area contributed by atoms with E-state index in [2.05, 4.69) is 49.4 Å². The normalized spacial score (nSPS) is 23.6. The Bertz CT molecular complexity index is 528. The van der Waals surface area contributed by atoms with Crippen molar-refractivity contribution >= 4 is 5.95 Å². The highest BCUT2D eigenvalue weighted by molar-refractivity contribution is 5.54. The molecule has 19 heavy (non-hydrogen) atoms. The smallest absolute Gasteiger partial charge is 0.245 e. The van der Waals surface area contributed by atoms with Gasteiger partial charge in [0.1, 0.15) is 0 Å². The van der Waals surface area contributed by atoms with Gasteiger partial charge in [0.25, 0.3) is 0 Å². The largest absolute Gasteiger partial charge is 0.336 e. The number of anilines is 1. The second-order valence-corrected chi connectivity index (χ2v) is 4.99. The van der Waals surface area contributed by atoms with E-state index in [0.29, 0.717) is 12.1 Å². The third-order valence-corrected chi connectivity index (χ3v) is 3.17. The first kappa shape index (κ1) is 12.0. The van der Waals surface area contributed by atoms with Gasteiger partial charge in [0.2, 0.25) is 5.95 Å². The van der Waals surface area contributed by atoms with Gasteiger partial charge >= 0.3 is 0 Å². The van der Waals surface area contributed by atoms with Crippen molar-refractivity contribution in [3.05, 3.63) is 18.5 Å². The van der Waals surface area contributed by atoms with Crippen LogP contribution in [-0.2, 0) is 0 Å². The highest BCUT2D eigenvalue weighted by atomic mass is 15.4. The lowest BCUT2D eigenvalue weighted by Gasteiger charge is -2.35. The number of nitrogens with one attached hydrogen (secondary N) is 2. The lowest BCUT2D eigenvalue weighted by Crippen LogP contribution is -2.54. The van der Waals surface area contributed by atoms with Crippen LogP contribution >= 0.6 is 0 Å². The highest BCUT2D eigenvalue weighted by Gasteiger charge is 2.23. The number of rotatable bonds is 2. The molecule has 1 aliphatic heterocycles. The maximum Gasteiger partial charge on any atom is 0.245 e. The van der Waals surface area contributed by atoms with Gasteiger partial charge in [-0.15, -0.1) is 5.10 Å². The van der Waals surface area contributed by atoms with Gasteiger partial charge in [-0.1, -0.05) is 0 Å². The number of aromatic amines is 1. The van der Waals surface area contributed by atoms with Crippen LogP contribution in [0, 0.1) is 0 Å². The number of hydrogen-bond donors (Lipinski definition) is 2. The molecule has 1 fully saturated rings. The zero-order chi connectivity index (χ0) is 13.2. The SMILES string of the molecule is CC1CN(c2n[nH]c(-c3ccnnc3)n2)CC(C)N1. The van der Waals surface area contributed by atoms with Crippen LogP contribution in [0.25, 0.3) is 11.4 Å². The summed E-state index contributed by atoms with van der Waals surface area (Å²) in [5.74, 6) is 1.47. The van der Waals surface area contributed by atoms with E-state index >= 15 is 0 Å². The van der Waals surface area contributed by atoms with Crippen LogP contribution in [-0.4, -0.2) is 50.6 Å². The average molecular weight is 259 g/mol. The van der Waals surface area contributed by atoms with Gasteiger partial charge in [-0.25, -0.2) is 0 Å². The summed E-state index contributed by atoms with van der Waals surface area (Å²) in [5.41, 5.74) is 0.894. The van der Waals surface area contributed by atoms with E-state index in [4.69, 9.17) is 0 Å². The Labute approximate surface area is 111 Å². The minimum atomic E-state index is 0.438. The van der Waals surface area contributed by atoms with Crippen LogP contribution in [0.4, 0.5) is 5.95 Å². The van der Waals surface area contributed by atoms with Crippen molar-refractivity contribution in [2.45, 2.75) is 25.9 Å². The fourth-order valence-corrected chi connectivity index (χ4v) is 2.44. The highest BCUT2D eigenvalue weighted by Crippen LogP contribution is 2.17. The molecule has 0 amide bonds. The Morgan fingerprint density at radius 1 is 1.21 bits per heavy atom. The van der Waals surface area contributed by atoms with E-state index in [9.17, 15) is 0 Å². The molecule has 7 nitrogen and oxygen atoms in total. The van der Waals surface area contributed by atoms with Crippen molar-refractivity contribution < 1.29 is 0 Å². The monoisotopic (exact) mass is 259 g/mol. The van der Waals surface area contributed by atoms with Gasteiger partial charge in [0.05, 0.1) is 12.4 Å². The fourth-order valence-electron chi connectivity index (χ4n) is 2.44. The average Bonchev–Trinajstić information content (AvgIpc) is 2.88. The van der Waals surface area contributed by atoms with Crippen molar-refractivity contribution in [2.75, 3.05) is 18.0 Å². The molecule has 2 N–H and O–H groups in total. The minimum absolute atomic E-state index is 0.438. The zero-order valence-corrected chi connectivity index (χ0v) is 11.0. The topological polar surface area (TPSA) is 82.6 Å². The fraction of sp³-hybridized carbons (Fsp3) is 0.500. The maximum absolute atomic E-state index is 4.54. The third kappa shape index (κ3) is 2.55. The van der Waals surface area contributed by atoms with Gasteiger partial charge in [0.15, 0.2) is 5.82 Å². The molecule has 1 aliphatic rings. The summed E-state index contributed by atoms with van der Waals surface area (Å²) >= 11 is 0. The van der Waals surface area contributed by atoms with Crippen molar-refractivity contribution in [3.8, 4) is 11.4 Å². The van der Waals surface area contributed by atoms with Crippen molar-refractivity contribution in [1.29, 1.82) is 0 Å². The van der Waals surface area contributed by atoms with Gasteiger partial charge in [-0.2, -0.15) is 15.2 Å². The van der Waals surface area contributed by atoms with E-state index in [1.807, 2.05) is 6.07 Å². The van der Waals surface area contributed by atoms with Crippen LogP contribution in [0.1, 0.15) is 13.8 Å². The number of H-pyrrole nitrogens is 1. The molecule has 0 radical (unpaired) electrons. The predicted molar refractivity (Wildman–Crippen MR) is 71.7 cm³/mol. The van der Waals surface area contributed by atoms with Crippen LogP contribution in [0.15, 0.2) is 18.5 Å². The lowest BCUT2D eigenvalue weighted by molar-refractivity contribution is 0.403. The minimum Gasteiger partial charge on any atom is -0.336 e. The van der Waals surface area contributed by atoms with Gasteiger partial charge in [0, 0.05) is 30.7 Å². The molecular weight excluding hydrogens is 242 g/mol. The van der Waals surface area contributed by atoms with E-state index < -0.39 is 0 Å².